The maximum Gasteiger partial charge on any atom is 0.169 e. The first-order valence-electron chi connectivity index (χ1n) is 5.59. The first-order valence-corrected chi connectivity index (χ1v) is 5.59. The molecule has 2 aromatic rings. The van der Waals surface area contributed by atoms with E-state index in [4.69, 9.17) is 10.3 Å². The van der Waals surface area contributed by atoms with Crippen molar-refractivity contribution in [3.05, 3.63) is 35.4 Å². The summed E-state index contributed by atoms with van der Waals surface area (Å²) in [6.45, 7) is 4.27. The standard InChI is InChI=1S/C13H16N2O/c1-3-9-6-5-7-10(4-2)13(9)11-8-12(14)15-16-11/h5-8H,3-4H2,1-2H3,(H2,14,15). The van der Waals surface area contributed by atoms with Crippen molar-refractivity contribution in [2.24, 2.45) is 0 Å². The molecule has 0 radical (unpaired) electrons. The van der Waals surface area contributed by atoms with Gasteiger partial charge in [-0.15, -0.1) is 0 Å². The molecule has 0 fully saturated rings. The van der Waals surface area contributed by atoms with Crippen LogP contribution in [-0.2, 0) is 12.8 Å². The van der Waals surface area contributed by atoms with E-state index in [0.717, 1.165) is 24.2 Å². The van der Waals surface area contributed by atoms with Gasteiger partial charge in [0, 0.05) is 11.6 Å². The molecule has 1 heterocycles. The van der Waals surface area contributed by atoms with Crippen molar-refractivity contribution in [1.82, 2.24) is 5.16 Å². The first-order chi connectivity index (χ1) is 7.76. The highest BCUT2D eigenvalue weighted by Crippen LogP contribution is 2.29. The predicted octanol–water partition coefficient (Wildman–Crippen LogP) is 3.05. The summed E-state index contributed by atoms with van der Waals surface area (Å²) in [4.78, 5) is 0. The van der Waals surface area contributed by atoms with E-state index < -0.39 is 0 Å². The number of hydrogen-bond acceptors (Lipinski definition) is 3. The van der Waals surface area contributed by atoms with Gasteiger partial charge in [-0.05, 0) is 24.0 Å². The number of hydrogen-bond donors (Lipinski definition) is 1. The van der Waals surface area contributed by atoms with Gasteiger partial charge in [0.05, 0.1) is 0 Å². The summed E-state index contributed by atoms with van der Waals surface area (Å²) in [6.07, 6.45) is 1.95. The Balaban J connectivity index is 2.60. The fourth-order valence-electron chi connectivity index (χ4n) is 1.97. The van der Waals surface area contributed by atoms with Crippen molar-refractivity contribution in [2.75, 3.05) is 5.73 Å². The highest BCUT2D eigenvalue weighted by Gasteiger charge is 2.12. The third-order valence-corrected chi connectivity index (χ3v) is 2.77. The van der Waals surface area contributed by atoms with Gasteiger partial charge in [-0.1, -0.05) is 37.2 Å². The van der Waals surface area contributed by atoms with Crippen molar-refractivity contribution < 1.29 is 4.52 Å². The summed E-state index contributed by atoms with van der Waals surface area (Å²) in [7, 11) is 0. The summed E-state index contributed by atoms with van der Waals surface area (Å²) in [5, 5.41) is 3.75. The van der Waals surface area contributed by atoms with E-state index >= 15 is 0 Å². The van der Waals surface area contributed by atoms with Crippen molar-refractivity contribution in [3.8, 4) is 11.3 Å². The topological polar surface area (TPSA) is 52.0 Å². The molecule has 0 aliphatic heterocycles. The zero-order valence-corrected chi connectivity index (χ0v) is 9.66. The highest BCUT2D eigenvalue weighted by atomic mass is 16.5. The van der Waals surface area contributed by atoms with Crippen LogP contribution < -0.4 is 5.73 Å². The third-order valence-electron chi connectivity index (χ3n) is 2.77. The molecule has 2 N–H and O–H groups in total. The largest absolute Gasteiger partial charge is 0.381 e. The molecule has 3 heteroatoms. The molecule has 0 unspecified atom stereocenters. The number of aromatic nitrogens is 1. The van der Waals surface area contributed by atoms with Crippen LogP contribution >= 0.6 is 0 Å². The average molecular weight is 216 g/mol. The number of anilines is 1. The molecule has 1 aromatic carbocycles. The number of nitrogens with zero attached hydrogens (tertiary/aromatic N) is 1. The van der Waals surface area contributed by atoms with Gasteiger partial charge < -0.3 is 10.3 Å². The molecule has 16 heavy (non-hydrogen) atoms. The lowest BCUT2D eigenvalue weighted by Gasteiger charge is -2.09. The molecule has 0 atom stereocenters. The Kier molecular flexibility index (Phi) is 2.95. The predicted molar refractivity (Wildman–Crippen MR) is 65.1 cm³/mol. The van der Waals surface area contributed by atoms with Crippen LogP contribution in [0.2, 0.25) is 0 Å². The zero-order chi connectivity index (χ0) is 11.5. The van der Waals surface area contributed by atoms with Gasteiger partial charge in [0.15, 0.2) is 11.6 Å². The lowest BCUT2D eigenvalue weighted by molar-refractivity contribution is 0.435. The number of nitrogen functional groups attached to an aromatic ring is 1. The first kappa shape index (κ1) is 10.7. The molecule has 2 rings (SSSR count). The molecule has 0 aliphatic rings. The second kappa shape index (κ2) is 4.39. The van der Waals surface area contributed by atoms with E-state index in [2.05, 4.69) is 37.2 Å². The summed E-state index contributed by atoms with van der Waals surface area (Å²) >= 11 is 0. The normalized spacial score (nSPS) is 10.6. The monoisotopic (exact) mass is 216 g/mol. The number of nitrogens with two attached hydrogens (primary N) is 1. The van der Waals surface area contributed by atoms with Crippen LogP contribution in [0, 0.1) is 0 Å². The van der Waals surface area contributed by atoms with E-state index in [9.17, 15) is 0 Å². The maximum atomic E-state index is 5.59. The molecule has 0 saturated carbocycles. The lowest BCUT2D eigenvalue weighted by Crippen LogP contribution is -1.93. The third kappa shape index (κ3) is 1.81. The van der Waals surface area contributed by atoms with Gasteiger partial charge in [-0.25, -0.2) is 0 Å². The smallest absolute Gasteiger partial charge is 0.169 e. The molecular weight excluding hydrogens is 200 g/mol. The van der Waals surface area contributed by atoms with Crippen LogP contribution in [0.1, 0.15) is 25.0 Å². The van der Waals surface area contributed by atoms with Gasteiger partial charge in [-0.2, -0.15) is 0 Å². The molecule has 84 valence electrons. The summed E-state index contributed by atoms with van der Waals surface area (Å²) < 4.78 is 5.26. The highest BCUT2D eigenvalue weighted by molar-refractivity contribution is 5.68. The van der Waals surface area contributed by atoms with Crippen LogP contribution in [0.5, 0.6) is 0 Å². The number of benzene rings is 1. The Labute approximate surface area is 95.3 Å². The van der Waals surface area contributed by atoms with Gasteiger partial charge in [0.2, 0.25) is 0 Å². The fraction of sp³-hybridized carbons (Fsp3) is 0.308. The summed E-state index contributed by atoms with van der Waals surface area (Å²) in [6, 6.07) is 8.11. The molecule has 3 nitrogen and oxygen atoms in total. The second-order valence-electron chi connectivity index (χ2n) is 3.77. The Morgan fingerprint density at radius 1 is 1.19 bits per heavy atom. The van der Waals surface area contributed by atoms with Crippen molar-refractivity contribution in [3.63, 3.8) is 0 Å². The molecule has 1 aromatic heterocycles. The maximum absolute atomic E-state index is 5.59. The average Bonchev–Trinajstić information content (AvgIpc) is 2.74. The van der Waals surface area contributed by atoms with Crippen molar-refractivity contribution in [2.45, 2.75) is 26.7 Å². The Morgan fingerprint density at radius 3 is 2.25 bits per heavy atom. The number of rotatable bonds is 3. The van der Waals surface area contributed by atoms with Crippen LogP contribution in [0.3, 0.4) is 0 Å². The molecule has 0 spiro atoms. The number of aryl methyl sites for hydroxylation is 2. The SMILES string of the molecule is CCc1cccc(CC)c1-c1cc(N)no1. The minimum absolute atomic E-state index is 0.433. The molecule has 0 amide bonds. The van der Waals surface area contributed by atoms with Gasteiger partial charge >= 0.3 is 0 Å². The van der Waals surface area contributed by atoms with Crippen LogP contribution in [0.4, 0.5) is 5.82 Å². The van der Waals surface area contributed by atoms with E-state index in [0.29, 0.717) is 5.82 Å². The summed E-state index contributed by atoms with van der Waals surface area (Å²) in [5.74, 6) is 1.20. The van der Waals surface area contributed by atoms with E-state index in [-0.39, 0.29) is 0 Å². The molecule has 0 aliphatic carbocycles. The minimum atomic E-state index is 0.433. The van der Waals surface area contributed by atoms with Crippen molar-refractivity contribution >= 4 is 5.82 Å². The molecular formula is C13H16N2O. The summed E-state index contributed by atoms with van der Waals surface area (Å²) in [5.41, 5.74) is 9.29. The van der Waals surface area contributed by atoms with Gasteiger partial charge in [-0.3, -0.25) is 0 Å². The van der Waals surface area contributed by atoms with Gasteiger partial charge in [0.25, 0.3) is 0 Å². The Hall–Kier alpha value is -1.77. The van der Waals surface area contributed by atoms with Crippen molar-refractivity contribution in [1.29, 1.82) is 0 Å². The Bertz CT molecular complexity index is 466. The van der Waals surface area contributed by atoms with E-state index in [1.54, 1.807) is 6.07 Å². The van der Waals surface area contributed by atoms with E-state index in [1.807, 2.05) is 0 Å². The zero-order valence-electron chi connectivity index (χ0n) is 9.66. The fourth-order valence-corrected chi connectivity index (χ4v) is 1.97. The quantitative estimate of drug-likeness (QED) is 0.857. The van der Waals surface area contributed by atoms with E-state index in [1.165, 1.54) is 11.1 Å². The Morgan fingerprint density at radius 2 is 1.81 bits per heavy atom. The van der Waals surface area contributed by atoms with Crippen LogP contribution in [0.25, 0.3) is 11.3 Å². The molecule has 0 saturated heterocycles. The second-order valence-corrected chi connectivity index (χ2v) is 3.77. The van der Waals surface area contributed by atoms with Crippen LogP contribution in [-0.4, -0.2) is 5.16 Å². The minimum Gasteiger partial charge on any atom is -0.381 e. The van der Waals surface area contributed by atoms with Crippen LogP contribution in [0.15, 0.2) is 28.8 Å². The lowest BCUT2D eigenvalue weighted by atomic mass is 9.96. The van der Waals surface area contributed by atoms with Gasteiger partial charge in [0.1, 0.15) is 0 Å². The molecule has 0 bridgehead atoms.